The van der Waals surface area contributed by atoms with E-state index in [1.165, 1.54) is 12.0 Å². The highest BCUT2D eigenvalue weighted by Gasteiger charge is 2.18. The highest BCUT2D eigenvalue weighted by Crippen LogP contribution is 2.34. The third kappa shape index (κ3) is 3.91. The van der Waals surface area contributed by atoms with E-state index in [2.05, 4.69) is 4.98 Å². The predicted octanol–water partition coefficient (Wildman–Crippen LogP) is 4.49. The molecule has 0 atom stereocenters. The Morgan fingerprint density at radius 1 is 1.16 bits per heavy atom. The molecule has 130 valence electrons. The van der Waals surface area contributed by atoms with E-state index in [-0.39, 0.29) is 12.4 Å². The topological polar surface area (TPSA) is 61.6 Å². The van der Waals surface area contributed by atoms with E-state index < -0.39 is 0 Å². The van der Waals surface area contributed by atoms with Crippen LogP contribution in [0.25, 0.3) is 22.0 Å². The number of thiophene rings is 1. The average Bonchev–Trinajstić information content (AvgIpc) is 3.25. The molecule has 0 spiro atoms. The van der Waals surface area contributed by atoms with Gasteiger partial charge in [0.1, 0.15) is 17.2 Å². The highest BCUT2D eigenvalue weighted by molar-refractivity contribution is 7.15. The summed E-state index contributed by atoms with van der Waals surface area (Å²) in [5.41, 5.74) is 1.65. The summed E-state index contributed by atoms with van der Waals surface area (Å²) < 4.78 is 15.9. The third-order valence-electron chi connectivity index (χ3n) is 3.79. The molecule has 0 N–H and O–H groups in total. The fraction of sp³-hybridized carbons (Fsp3) is 0.263. The van der Waals surface area contributed by atoms with E-state index in [1.807, 2.05) is 43.3 Å². The van der Waals surface area contributed by atoms with Gasteiger partial charge in [0.2, 0.25) is 5.89 Å². The zero-order valence-corrected chi connectivity index (χ0v) is 15.2. The molecular weight excluding hydrogens is 338 g/mol. The van der Waals surface area contributed by atoms with Crippen LogP contribution < -0.4 is 4.74 Å². The summed E-state index contributed by atoms with van der Waals surface area (Å²) >= 11 is 1.65. The summed E-state index contributed by atoms with van der Waals surface area (Å²) in [6.45, 7) is 2.05. The van der Waals surface area contributed by atoms with Crippen LogP contribution in [0.4, 0.5) is 0 Å². The van der Waals surface area contributed by atoms with E-state index in [9.17, 15) is 4.79 Å². The first-order valence-corrected chi connectivity index (χ1v) is 8.70. The second-order valence-electron chi connectivity index (χ2n) is 5.51. The maximum Gasteiger partial charge on any atom is 0.305 e. The van der Waals surface area contributed by atoms with Crippen LogP contribution in [0.1, 0.15) is 17.1 Å². The summed E-state index contributed by atoms with van der Waals surface area (Å²) in [4.78, 5) is 18.4. The van der Waals surface area contributed by atoms with Crippen LogP contribution in [-0.2, 0) is 16.0 Å². The molecule has 3 aromatic rings. The number of ether oxygens (including phenoxy) is 2. The largest absolute Gasteiger partial charge is 0.497 e. The number of oxazole rings is 1. The van der Waals surface area contributed by atoms with Crippen LogP contribution in [0.2, 0.25) is 0 Å². The standard InChI is InChI=1S/C19H19NO4S/c1-12-4-10-16(25-12)18-15(9-11-17(21)23-3)24-19(20-18)13-5-7-14(22-2)8-6-13/h4-8,10H,9,11H2,1-3H3. The van der Waals surface area contributed by atoms with Gasteiger partial charge < -0.3 is 13.9 Å². The van der Waals surface area contributed by atoms with Crippen LogP contribution in [0, 0.1) is 6.92 Å². The van der Waals surface area contributed by atoms with Gasteiger partial charge in [0, 0.05) is 16.9 Å². The molecular formula is C19H19NO4S. The second kappa shape index (κ2) is 7.53. The fourth-order valence-electron chi connectivity index (χ4n) is 2.45. The number of methoxy groups -OCH3 is 2. The van der Waals surface area contributed by atoms with Gasteiger partial charge in [-0.2, -0.15) is 0 Å². The Labute approximate surface area is 150 Å². The van der Waals surface area contributed by atoms with Gasteiger partial charge in [0.15, 0.2) is 0 Å². The minimum atomic E-state index is -0.268. The lowest BCUT2D eigenvalue weighted by atomic mass is 10.2. The van der Waals surface area contributed by atoms with Gasteiger partial charge in [-0.3, -0.25) is 4.79 Å². The highest BCUT2D eigenvalue weighted by atomic mass is 32.1. The van der Waals surface area contributed by atoms with Gasteiger partial charge in [0.25, 0.3) is 0 Å². The molecule has 2 heterocycles. The molecule has 0 aliphatic rings. The molecule has 25 heavy (non-hydrogen) atoms. The number of nitrogens with zero attached hydrogens (tertiary/aromatic N) is 1. The van der Waals surface area contributed by atoms with Gasteiger partial charge in [-0.25, -0.2) is 4.98 Å². The van der Waals surface area contributed by atoms with Gasteiger partial charge in [-0.05, 0) is 43.3 Å². The first-order chi connectivity index (χ1) is 12.1. The first kappa shape index (κ1) is 17.2. The van der Waals surface area contributed by atoms with Crippen molar-refractivity contribution in [3.63, 3.8) is 0 Å². The molecule has 1 aromatic carbocycles. The summed E-state index contributed by atoms with van der Waals surface area (Å²) in [5, 5.41) is 0. The molecule has 0 aliphatic carbocycles. The van der Waals surface area contributed by atoms with Gasteiger partial charge in [-0.1, -0.05) is 0 Å². The summed E-state index contributed by atoms with van der Waals surface area (Å²) in [6, 6.07) is 11.6. The Bertz CT molecular complexity index is 864. The van der Waals surface area contributed by atoms with Crippen LogP contribution >= 0.6 is 11.3 Å². The predicted molar refractivity (Wildman–Crippen MR) is 96.9 cm³/mol. The van der Waals surface area contributed by atoms with Crippen molar-refractivity contribution >= 4 is 17.3 Å². The van der Waals surface area contributed by atoms with Crippen molar-refractivity contribution in [3.05, 3.63) is 47.0 Å². The quantitative estimate of drug-likeness (QED) is 0.608. The number of benzene rings is 1. The van der Waals surface area contributed by atoms with Crippen LogP contribution in [-0.4, -0.2) is 25.2 Å². The molecule has 0 fully saturated rings. The number of aryl methyl sites for hydroxylation is 2. The van der Waals surface area contributed by atoms with Crippen molar-refractivity contribution in [3.8, 4) is 27.8 Å². The monoisotopic (exact) mass is 357 g/mol. The van der Waals surface area contributed by atoms with Crippen molar-refractivity contribution < 1.29 is 18.7 Å². The average molecular weight is 357 g/mol. The Morgan fingerprint density at radius 3 is 2.52 bits per heavy atom. The number of aromatic nitrogens is 1. The molecule has 2 aromatic heterocycles. The van der Waals surface area contributed by atoms with E-state index >= 15 is 0 Å². The third-order valence-corrected chi connectivity index (χ3v) is 4.80. The molecule has 0 amide bonds. The minimum absolute atomic E-state index is 0.255. The van der Waals surface area contributed by atoms with Crippen molar-refractivity contribution in [1.29, 1.82) is 0 Å². The molecule has 6 heteroatoms. The normalized spacial score (nSPS) is 10.7. The Kier molecular flexibility index (Phi) is 5.19. The lowest BCUT2D eigenvalue weighted by Crippen LogP contribution is -2.01. The summed E-state index contributed by atoms with van der Waals surface area (Å²) in [5.74, 6) is 1.73. The Morgan fingerprint density at radius 2 is 1.92 bits per heavy atom. The number of hydrogen-bond acceptors (Lipinski definition) is 6. The van der Waals surface area contributed by atoms with Crippen LogP contribution in [0.3, 0.4) is 0 Å². The van der Waals surface area contributed by atoms with Gasteiger partial charge >= 0.3 is 5.97 Å². The number of rotatable bonds is 6. The molecule has 5 nitrogen and oxygen atoms in total. The molecule has 3 rings (SSSR count). The molecule has 0 radical (unpaired) electrons. The zero-order chi connectivity index (χ0) is 17.8. The zero-order valence-electron chi connectivity index (χ0n) is 14.4. The maximum atomic E-state index is 11.5. The van der Waals surface area contributed by atoms with E-state index in [1.54, 1.807) is 18.4 Å². The maximum absolute atomic E-state index is 11.5. The van der Waals surface area contributed by atoms with E-state index in [4.69, 9.17) is 13.9 Å². The molecule has 0 bridgehead atoms. The number of carbonyl (C=O) groups excluding carboxylic acids is 1. The second-order valence-corrected chi connectivity index (χ2v) is 6.79. The van der Waals surface area contributed by atoms with Crippen molar-refractivity contribution in [1.82, 2.24) is 4.98 Å². The van der Waals surface area contributed by atoms with Gasteiger partial charge in [-0.15, -0.1) is 11.3 Å². The van der Waals surface area contributed by atoms with E-state index in [0.29, 0.717) is 18.1 Å². The SMILES string of the molecule is COC(=O)CCc1oc(-c2ccc(OC)cc2)nc1-c1ccc(C)s1. The Hall–Kier alpha value is -2.60. The van der Waals surface area contributed by atoms with Crippen molar-refractivity contribution in [2.45, 2.75) is 19.8 Å². The fourth-order valence-corrected chi connectivity index (χ4v) is 3.33. The lowest BCUT2D eigenvalue weighted by molar-refractivity contribution is -0.140. The van der Waals surface area contributed by atoms with Crippen molar-refractivity contribution in [2.75, 3.05) is 14.2 Å². The van der Waals surface area contributed by atoms with E-state index in [0.717, 1.165) is 21.9 Å². The van der Waals surface area contributed by atoms with Crippen molar-refractivity contribution in [2.24, 2.45) is 0 Å². The molecule has 0 saturated carbocycles. The number of esters is 1. The number of carbonyl (C=O) groups is 1. The molecule has 0 saturated heterocycles. The first-order valence-electron chi connectivity index (χ1n) is 7.88. The Balaban J connectivity index is 1.96. The van der Waals surface area contributed by atoms with Crippen LogP contribution in [0.5, 0.6) is 5.75 Å². The lowest BCUT2D eigenvalue weighted by Gasteiger charge is -2.00. The molecule has 0 unspecified atom stereocenters. The smallest absolute Gasteiger partial charge is 0.305 e. The van der Waals surface area contributed by atoms with Crippen LogP contribution in [0.15, 0.2) is 40.8 Å². The van der Waals surface area contributed by atoms with Gasteiger partial charge in [0.05, 0.1) is 25.5 Å². The number of hydrogen-bond donors (Lipinski definition) is 0. The molecule has 0 aliphatic heterocycles. The summed E-state index contributed by atoms with van der Waals surface area (Å²) in [7, 11) is 3.01. The minimum Gasteiger partial charge on any atom is -0.497 e. The summed E-state index contributed by atoms with van der Waals surface area (Å²) in [6.07, 6.45) is 0.702.